The number of pyridine rings is 1. The van der Waals surface area contributed by atoms with Crippen LogP contribution in [0.2, 0.25) is 0 Å². The minimum atomic E-state index is -0.476. The molecule has 0 aliphatic carbocycles. The second-order valence-electron chi connectivity index (χ2n) is 5.96. The fraction of sp³-hybridized carbons (Fsp3) is 0.381. The summed E-state index contributed by atoms with van der Waals surface area (Å²) in [6, 6.07) is 10.0. The van der Waals surface area contributed by atoms with E-state index in [1.165, 1.54) is 0 Å². The van der Waals surface area contributed by atoms with E-state index >= 15 is 0 Å². The van der Waals surface area contributed by atoms with Crippen molar-refractivity contribution in [2.75, 3.05) is 58.7 Å². The van der Waals surface area contributed by atoms with Gasteiger partial charge in [0, 0.05) is 37.1 Å². The number of hydrogen-bond acceptors (Lipinski definition) is 5. The minimum Gasteiger partial charge on any atom is -0.474 e. The van der Waals surface area contributed by atoms with Crippen molar-refractivity contribution in [1.29, 1.82) is 0 Å². The molecule has 0 amide bonds. The third kappa shape index (κ3) is 8.00. The maximum atomic E-state index is 11.8. The van der Waals surface area contributed by atoms with Gasteiger partial charge in [0.1, 0.15) is 13.3 Å². The van der Waals surface area contributed by atoms with E-state index in [2.05, 4.69) is 39.4 Å². The topological polar surface area (TPSA) is 43.8 Å². The van der Waals surface area contributed by atoms with Crippen molar-refractivity contribution in [2.45, 2.75) is 0 Å². The maximum absolute atomic E-state index is 11.8. The van der Waals surface area contributed by atoms with Crippen LogP contribution in [0.1, 0.15) is 11.1 Å². The molecule has 0 atom stereocenters. The highest BCUT2D eigenvalue weighted by Gasteiger charge is 2.04. The Kier molecular flexibility index (Phi) is 10.0. The van der Waals surface area contributed by atoms with Crippen LogP contribution < -0.4 is 9.64 Å². The van der Waals surface area contributed by atoms with E-state index in [-0.39, 0.29) is 6.61 Å². The van der Waals surface area contributed by atoms with Gasteiger partial charge in [0.05, 0.1) is 30.0 Å². The summed E-state index contributed by atoms with van der Waals surface area (Å²) in [7, 11) is 4.02. The zero-order valence-corrected chi connectivity index (χ0v) is 18.2. The number of aromatic nitrogens is 1. The van der Waals surface area contributed by atoms with Crippen LogP contribution in [0.3, 0.4) is 0 Å². The highest BCUT2D eigenvalue weighted by molar-refractivity contribution is 14.1. The fourth-order valence-electron chi connectivity index (χ4n) is 2.16. The number of ether oxygens (including phenoxy) is 3. The number of anilines is 1. The molecule has 0 fully saturated rings. The quantitative estimate of drug-likeness (QED) is 0.286. The fourth-order valence-corrected chi connectivity index (χ4v) is 2.79. The molecule has 0 spiro atoms. The van der Waals surface area contributed by atoms with Crippen molar-refractivity contribution < 1.29 is 18.6 Å². The average molecular weight is 496 g/mol. The Morgan fingerprint density at radius 2 is 1.61 bits per heavy atom. The Labute approximate surface area is 179 Å². The van der Waals surface area contributed by atoms with E-state index in [4.69, 9.17) is 14.2 Å². The van der Waals surface area contributed by atoms with E-state index in [0.29, 0.717) is 32.3 Å². The largest absolute Gasteiger partial charge is 0.474 e. The summed E-state index contributed by atoms with van der Waals surface area (Å²) >= 11 is 2.18. The molecule has 0 saturated heterocycles. The van der Waals surface area contributed by atoms with Crippen LogP contribution in [-0.4, -0.2) is 58.8 Å². The van der Waals surface area contributed by atoms with Crippen LogP contribution in [0.15, 0.2) is 36.5 Å². The molecule has 0 aliphatic heterocycles. The highest BCUT2D eigenvalue weighted by Crippen LogP contribution is 2.18. The van der Waals surface area contributed by atoms with Crippen LogP contribution in [0, 0.1) is 15.4 Å². The van der Waals surface area contributed by atoms with Gasteiger partial charge in [0.15, 0.2) is 0 Å². The van der Waals surface area contributed by atoms with E-state index < -0.39 is 6.67 Å². The molecule has 7 heteroatoms. The third-order valence-electron chi connectivity index (χ3n) is 3.60. The molecule has 0 aliphatic rings. The minimum absolute atomic E-state index is 0.110. The lowest BCUT2D eigenvalue weighted by Gasteiger charge is -2.11. The lowest BCUT2D eigenvalue weighted by Crippen LogP contribution is -2.12. The Balaban J connectivity index is 1.80. The lowest BCUT2D eigenvalue weighted by atomic mass is 10.2. The van der Waals surface area contributed by atoms with E-state index in [0.717, 1.165) is 20.4 Å². The molecule has 0 saturated carbocycles. The molecule has 0 radical (unpaired) electrons. The SMILES string of the molecule is CN(C)c1ccc(C#Cc2cnc(OCCOCCOCCF)c([125I])c2)cc1. The van der Waals surface area contributed by atoms with Gasteiger partial charge < -0.3 is 19.1 Å². The summed E-state index contributed by atoms with van der Waals surface area (Å²) in [5.41, 5.74) is 2.92. The molecule has 5 nitrogen and oxygen atoms in total. The monoisotopic (exact) mass is 496 g/mol. The number of hydrogen-bond donors (Lipinski definition) is 0. The maximum Gasteiger partial charge on any atom is 0.227 e. The molecule has 28 heavy (non-hydrogen) atoms. The first-order valence-electron chi connectivity index (χ1n) is 8.89. The highest BCUT2D eigenvalue weighted by atomic mass is 125. The summed E-state index contributed by atoms with van der Waals surface area (Å²) in [6.07, 6.45) is 1.70. The zero-order chi connectivity index (χ0) is 20.2. The molecule has 0 unspecified atom stereocenters. The van der Waals surface area contributed by atoms with Crippen molar-refractivity contribution >= 4 is 28.3 Å². The number of rotatable bonds is 10. The Morgan fingerprint density at radius 1 is 0.964 bits per heavy atom. The molecule has 2 aromatic rings. The predicted molar refractivity (Wildman–Crippen MR) is 117 cm³/mol. The first kappa shape index (κ1) is 22.4. The van der Waals surface area contributed by atoms with Crippen molar-refractivity contribution in [3.05, 3.63) is 51.2 Å². The van der Waals surface area contributed by atoms with Crippen molar-refractivity contribution in [3.8, 4) is 17.7 Å². The molecule has 150 valence electrons. The molecule has 2 rings (SSSR count). The second-order valence-corrected chi connectivity index (χ2v) is 7.13. The van der Waals surface area contributed by atoms with Crippen LogP contribution in [0.5, 0.6) is 5.88 Å². The van der Waals surface area contributed by atoms with E-state index in [9.17, 15) is 4.39 Å². The molecule has 1 aromatic carbocycles. The second kappa shape index (κ2) is 12.5. The molecule has 0 bridgehead atoms. The van der Waals surface area contributed by atoms with Crippen LogP contribution >= 0.6 is 22.6 Å². The van der Waals surface area contributed by atoms with E-state index in [1.54, 1.807) is 6.20 Å². The van der Waals surface area contributed by atoms with Crippen LogP contribution in [0.25, 0.3) is 0 Å². The lowest BCUT2D eigenvalue weighted by molar-refractivity contribution is 0.0319. The first-order chi connectivity index (χ1) is 13.6. The van der Waals surface area contributed by atoms with Crippen molar-refractivity contribution in [3.63, 3.8) is 0 Å². The van der Waals surface area contributed by atoms with Gasteiger partial charge in [-0.25, -0.2) is 9.37 Å². The molecule has 0 N–H and O–H groups in total. The summed E-state index contributed by atoms with van der Waals surface area (Å²) in [4.78, 5) is 6.37. The van der Waals surface area contributed by atoms with Gasteiger partial charge in [0.25, 0.3) is 0 Å². The van der Waals surface area contributed by atoms with Crippen molar-refractivity contribution in [2.24, 2.45) is 0 Å². The third-order valence-corrected chi connectivity index (χ3v) is 4.38. The summed E-state index contributed by atoms with van der Waals surface area (Å²) in [5, 5.41) is 0. The summed E-state index contributed by atoms with van der Waals surface area (Å²) in [6.45, 7) is 1.23. The van der Waals surface area contributed by atoms with Gasteiger partial charge in [-0.2, -0.15) is 0 Å². The van der Waals surface area contributed by atoms with Crippen LogP contribution in [0.4, 0.5) is 10.1 Å². The van der Waals surface area contributed by atoms with Crippen molar-refractivity contribution in [1.82, 2.24) is 4.98 Å². The molecular formula is C21H24FIN2O3. The zero-order valence-electron chi connectivity index (χ0n) is 16.1. The average Bonchev–Trinajstić information content (AvgIpc) is 2.70. The normalized spacial score (nSPS) is 10.3. The van der Waals surface area contributed by atoms with Gasteiger partial charge >= 0.3 is 0 Å². The van der Waals surface area contributed by atoms with Gasteiger partial charge in [0.2, 0.25) is 5.88 Å². The Bertz CT molecular complexity index is 788. The van der Waals surface area contributed by atoms with E-state index in [1.807, 2.05) is 49.3 Å². The summed E-state index contributed by atoms with van der Waals surface area (Å²) < 4.78 is 28.7. The number of nitrogens with zero attached hydrogens (tertiary/aromatic N) is 2. The Morgan fingerprint density at radius 3 is 2.25 bits per heavy atom. The van der Waals surface area contributed by atoms with Gasteiger partial charge in [-0.1, -0.05) is 11.8 Å². The number of halogens is 2. The van der Waals surface area contributed by atoms with Gasteiger partial charge in [-0.3, -0.25) is 0 Å². The number of alkyl halides is 1. The summed E-state index contributed by atoms with van der Waals surface area (Å²) in [5.74, 6) is 6.83. The van der Waals surface area contributed by atoms with Gasteiger partial charge in [-0.15, -0.1) is 0 Å². The Hall–Kier alpha value is -1.89. The first-order valence-corrected chi connectivity index (χ1v) is 9.97. The van der Waals surface area contributed by atoms with Gasteiger partial charge in [-0.05, 0) is 52.9 Å². The van der Waals surface area contributed by atoms with Crippen LogP contribution in [-0.2, 0) is 9.47 Å². The molecule has 1 aromatic heterocycles. The standard InChI is InChI=1S/C21H24FIN2O3/c1-25(2)19-7-5-17(6-8-19)3-4-18-15-20(23)21(24-16-18)28-14-13-27-12-11-26-10-9-22/h5-8,15-16H,9-14H2,1-2H3/i23-2. The number of benzene rings is 1. The molecular weight excluding hydrogens is 472 g/mol. The smallest absolute Gasteiger partial charge is 0.227 e. The predicted octanol–water partition coefficient (Wildman–Crippen LogP) is 3.53. The molecule has 1 heterocycles.